The third kappa shape index (κ3) is 2.30. The van der Waals surface area contributed by atoms with Crippen LogP contribution in [0.4, 0.5) is 0 Å². The fourth-order valence-corrected chi connectivity index (χ4v) is 2.51. The Balaban J connectivity index is 2.05. The molecule has 22 heavy (non-hydrogen) atoms. The molecule has 1 aromatic heterocycles. The van der Waals surface area contributed by atoms with Gasteiger partial charge in [-0.15, -0.1) is 0 Å². The Kier molecular flexibility index (Phi) is 3.54. The predicted molar refractivity (Wildman–Crippen MR) is 74.6 cm³/mol. The zero-order valence-corrected chi connectivity index (χ0v) is 11.9. The molecule has 3 rings (SSSR count). The summed E-state index contributed by atoms with van der Waals surface area (Å²) in [6.45, 7) is 1.99. The molecule has 1 aliphatic heterocycles. The van der Waals surface area contributed by atoms with Gasteiger partial charge in [0.2, 0.25) is 5.76 Å². The number of carbonyl (C=O) groups is 2. The fourth-order valence-electron chi connectivity index (χ4n) is 2.51. The number of fused-ring (bicyclic) bond motifs is 1. The van der Waals surface area contributed by atoms with Crippen LogP contribution in [0.25, 0.3) is 0 Å². The molecule has 114 valence electrons. The van der Waals surface area contributed by atoms with Gasteiger partial charge in [-0.1, -0.05) is 18.2 Å². The van der Waals surface area contributed by atoms with Gasteiger partial charge < -0.3 is 19.2 Å². The Hall–Kier alpha value is -2.83. The van der Waals surface area contributed by atoms with E-state index in [1.165, 1.54) is 11.3 Å². The van der Waals surface area contributed by atoms with Gasteiger partial charge in [-0.2, -0.15) is 0 Å². The van der Waals surface area contributed by atoms with Gasteiger partial charge in [0.05, 0.1) is 12.2 Å². The first-order valence-electron chi connectivity index (χ1n) is 6.75. The highest BCUT2D eigenvalue weighted by molar-refractivity contribution is 5.95. The van der Waals surface area contributed by atoms with Crippen molar-refractivity contribution in [2.75, 3.05) is 13.2 Å². The molecule has 1 unspecified atom stereocenters. The molecule has 1 aromatic carbocycles. The second kappa shape index (κ2) is 5.51. The van der Waals surface area contributed by atoms with Crippen LogP contribution in [0, 0.1) is 6.92 Å². The van der Waals surface area contributed by atoms with Crippen molar-refractivity contribution in [3.8, 4) is 5.75 Å². The van der Waals surface area contributed by atoms with Crippen molar-refractivity contribution in [2.24, 2.45) is 0 Å². The molecule has 0 aliphatic carbocycles. The lowest BCUT2D eigenvalue weighted by molar-refractivity contribution is -0.142. The zero-order valence-electron chi connectivity index (χ0n) is 11.9. The number of oxazole rings is 1. The van der Waals surface area contributed by atoms with Crippen LogP contribution < -0.4 is 4.74 Å². The number of carboxylic acid groups (broad SMARTS) is 1. The quantitative estimate of drug-likeness (QED) is 0.906. The number of aliphatic carboxylic acids is 1. The molecule has 1 aliphatic rings. The van der Waals surface area contributed by atoms with E-state index in [2.05, 4.69) is 4.98 Å². The fraction of sp³-hybridized carbons (Fsp3) is 0.267. The van der Waals surface area contributed by atoms with E-state index in [9.17, 15) is 14.7 Å². The maximum atomic E-state index is 12.6. The summed E-state index contributed by atoms with van der Waals surface area (Å²) in [4.78, 5) is 29.5. The summed E-state index contributed by atoms with van der Waals surface area (Å²) >= 11 is 0. The Morgan fingerprint density at radius 1 is 1.36 bits per heavy atom. The number of aromatic nitrogens is 1. The normalized spacial score (nSPS) is 17.3. The van der Waals surface area contributed by atoms with Crippen LogP contribution in [0.5, 0.6) is 5.75 Å². The highest BCUT2D eigenvalue weighted by atomic mass is 16.5. The van der Waals surface area contributed by atoms with E-state index in [0.29, 0.717) is 17.0 Å². The van der Waals surface area contributed by atoms with Crippen molar-refractivity contribution >= 4 is 11.9 Å². The van der Waals surface area contributed by atoms with Crippen LogP contribution in [0.1, 0.15) is 27.9 Å². The number of nitrogens with zero attached hydrogens (tertiary/aromatic N) is 2. The largest absolute Gasteiger partial charge is 0.491 e. The number of carboxylic acids is 1. The monoisotopic (exact) mass is 302 g/mol. The van der Waals surface area contributed by atoms with E-state index >= 15 is 0 Å². The predicted octanol–water partition coefficient (Wildman–Crippen LogP) is 1.64. The second-order valence-corrected chi connectivity index (χ2v) is 4.89. The van der Waals surface area contributed by atoms with Crippen LogP contribution in [-0.4, -0.2) is 40.0 Å². The molecular formula is C15H14N2O5. The molecule has 1 amide bonds. The van der Waals surface area contributed by atoms with Crippen molar-refractivity contribution in [2.45, 2.75) is 13.0 Å². The first-order valence-corrected chi connectivity index (χ1v) is 6.75. The van der Waals surface area contributed by atoms with E-state index in [4.69, 9.17) is 9.15 Å². The Morgan fingerprint density at radius 2 is 2.14 bits per heavy atom. The standard InChI is InChI=1S/C15H14N2O5/c1-9-13(22-8-16-9)14(18)17-6-7-21-11-5-3-2-4-10(11)12(17)15(19)20/h2-5,8,12H,6-7H2,1H3,(H,19,20). The van der Waals surface area contributed by atoms with Gasteiger partial charge in [-0.05, 0) is 13.0 Å². The van der Waals surface area contributed by atoms with Gasteiger partial charge in [-0.3, -0.25) is 4.79 Å². The molecule has 2 aromatic rings. The topological polar surface area (TPSA) is 92.9 Å². The van der Waals surface area contributed by atoms with Gasteiger partial charge in [0.25, 0.3) is 5.91 Å². The number of para-hydroxylation sites is 1. The second-order valence-electron chi connectivity index (χ2n) is 4.89. The van der Waals surface area contributed by atoms with Crippen LogP contribution in [0.2, 0.25) is 0 Å². The van der Waals surface area contributed by atoms with E-state index < -0.39 is 17.9 Å². The van der Waals surface area contributed by atoms with E-state index in [-0.39, 0.29) is 18.9 Å². The summed E-state index contributed by atoms with van der Waals surface area (Å²) in [6.07, 6.45) is 1.17. The van der Waals surface area contributed by atoms with Crippen molar-refractivity contribution in [3.63, 3.8) is 0 Å². The summed E-state index contributed by atoms with van der Waals surface area (Å²) in [5.74, 6) is -1.11. The number of benzene rings is 1. The number of hydrogen-bond donors (Lipinski definition) is 1. The molecule has 2 heterocycles. The maximum Gasteiger partial charge on any atom is 0.331 e. The van der Waals surface area contributed by atoms with Crippen LogP contribution in [0.3, 0.4) is 0 Å². The van der Waals surface area contributed by atoms with Crippen LogP contribution in [-0.2, 0) is 4.79 Å². The number of rotatable bonds is 2. The number of hydrogen-bond acceptors (Lipinski definition) is 5. The Morgan fingerprint density at radius 3 is 2.82 bits per heavy atom. The molecule has 1 N–H and O–H groups in total. The van der Waals surface area contributed by atoms with Gasteiger partial charge >= 0.3 is 5.97 Å². The van der Waals surface area contributed by atoms with Crippen molar-refractivity contribution in [1.82, 2.24) is 9.88 Å². The number of amides is 1. The lowest BCUT2D eigenvalue weighted by Crippen LogP contribution is -2.40. The van der Waals surface area contributed by atoms with Gasteiger partial charge in [0.15, 0.2) is 12.4 Å². The lowest BCUT2D eigenvalue weighted by Gasteiger charge is -2.26. The number of ether oxygens (including phenoxy) is 1. The molecule has 0 saturated carbocycles. The van der Waals surface area contributed by atoms with Crippen molar-refractivity contribution in [3.05, 3.63) is 47.7 Å². The van der Waals surface area contributed by atoms with E-state index in [0.717, 1.165) is 0 Å². The third-order valence-corrected chi connectivity index (χ3v) is 3.55. The molecule has 7 nitrogen and oxygen atoms in total. The minimum Gasteiger partial charge on any atom is -0.491 e. The average molecular weight is 302 g/mol. The van der Waals surface area contributed by atoms with E-state index in [1.54, 1.807) is 31.2 Å². The summed E-state index contributed by atoms with van der Waals surface area (Å²) in [5, 5.41) is 9.60. The van der Waals surface area contributed by atoms with Gasteiger partial charge in [-0.25, -0.2) is 9.78 Å². The molecule has 0 fully saturated rings. The van der Waals surface area contributed by atoms with E-state index in [1.807, 2.05) is 0 Å². The highest BCUT2D eigenvalue weighted by Gasteiger charge is 2.37. The SMILES string of the molecule is Cc1ncoc1C(=O)N1CCOc2ccccc2C1C(=O)O. The van der Waals surface area contributed by atoms with Crippen LogP contribution >= 0.6 is 0 Å². The molecular weight excluding hydrogens is 288 g/mol. The summed E-state index contributed by atoms with van der Waals surface area (Å²) in [5.41, 5.74) is 0.866. The Bertz CT molecular complexity index is 724. The molecule has 0 bridgehead atoms. The van der Waals surface area contributed by atoms with Crippen molar-refractivity contribution < 1.29 is 23.8 Å². The lowest BCUT2D eigenvalue weighted by atomic mass is 10.0. The summed E-state index contributed by atoms with van der Waals surface area (Å²) in [7, 11) is 0. The maximum absolute atomic E-state index is 12.6. The van der Waals surface area contributed by atoms with Gasteiger partial charge in [0.1, 0.15) is 12.4 Å². The zero-order chi connectivity index (χ0) is 15.7. The number of aryl methyl sites for hydroxylation is 1. The number of carbonyl (C=O) groups excluding carboxylic acids is 1. The third-order valence-electron chi connectivity index (χ3n) is 3.55. The first kappa shape index (κ1) is 14.1. The molecule has 0 saturated heterocycles. The highest BCUT2D eigenvalue weighted by Crippen LogP contribution is 2.33. The van der Waals surface area contributed by atoms with Crippen molar-refractivity contribution in [1.29, 1.82) is 0 Å². The molecule has 7 heteroatoms. The summed E-state index contributed by atoms with van der Waals surface area (Å²) in [6, 6.07) is 5.68. The molecule has 0 radical (unpaired) electrons. The smallest absolute Gasteiger partial charge is 0.331 e. The van der Waals surface area contributed by atoms with Gasteiger partial charge in [0, 0.05) is 5.56 Å². The first-order chi connectivity index (χ1) is 10.6. The minimum atomic E-state index is -1.13. The molecule has 0 spiro atoms. The summed E-state index contributed by atoms with van der Waals surface area (Å²) < 4.78 is 10.7. The van der Waals surface area contributed by atoms with Crippen LogP contribution in [0.15, 0.2) is 35.1 Å². The average Bonchev–Trinajstić information content (AvgIpc) is 2.82. The Labute approximate surface area is 126 Å². The minimum absolute atomic E-state index is 0.0469. The molecule has 1 atom stereocenters.